The van der Waals surface area contributed by atoms with Gasteiger partial charge < -0.3 is 9.72 Å². The second-order valence-electron chi connectivity index (χ2n) is 2.57. The fourth-order valence-electron chi connectivity index (χ4n) is 1.05. The Morgan fingerprint density at radius 2 is 2.40 bits per heavy atom. The van der Waals surface area contributed by atoms with Gasteiger partial charge in [0.1, 0.15) is 16.9 Å². The van der Waals surface area contributed by atoms with Crippen LogP contribution in [0.1, 0.15) is 6.92 Å². The molecule has 0 amide bonds. The maximum atomic E-state index is 11.2. The van der Waals surface area contributed by atoms with Crippen molar-refractivity contribution in [3.05, 3.63) is 12.7 Å². The lowest BCUT2D eigenvalue weighted by molar-refractivity contribution is 0.181. The normalized spacial score (nSPS) is 10.5. The van der Waals surface area contributed by atoms with Crippen molar-refractivity contribution < 1.29 is 9.53 Å². The highest BCUT2D eigenvalue weighted by atomic mass is 32.2. The second-order valence-corrected chi connectivity index (χ2v) is 3.49. The topological polar surface area (TPSA) is 80.8 Å². The number of carbonyl (C=O) groups excluding carboxylic acids is 1. The summed E-state index contributed by atoms with van der Waals surface area (Å²) in [5.74, 6) is 0. The number of ether oxygens (including phenoxy) is 1. The first-order valence-electron chi connectivity index (χ1n) is 4.30. The average molecular weight is 224 g/mol. The van der Waals surface area contributed by atoms with Crippen molar-refractivity contribution in [3.63, 3.8) is 0 Å². The zero-order valence-electron chi connectivity index (χ0n) is 7.93. The fraction of sp³-hybridized carbons (Fsp3) is 0.250. The molecular formula is C8H8N4O2S. The van der Waals surface area contributed by atoms with E-state index >= 15 is 0 Å². The smallest absolute Gasteiger partial charge is 0.373 e. The van der Waals surface area contributed by atoms with E-state index in [1.54, 1.807) is 6.92 Å². The third kappa shape index (κ3) is 2.07. The maximum absolute atomic E-state index is 11.2. The molecule has 0 saturated carbocycles. The molecule has 0 radical (unpaired) electrons. The van der Waals surface area contributed by atoms with Crippen LogP contribution in [0.25, 0.3) is 11.2 Å². The van der Waals surface area contributed by atoms with E-state index in [1.807, 2.05) is 0 Å². The minimum absolute atomic E-state index is 0.350. The molecule has 78 valence electrons. The molecule has 0 unspecified atom stereocenters. The van der Waals surface area contributed by atoms with E-state index in [1.165, 1.54) is 12.7 Å². The summed E-state index contributed by atoms with van der Waals surface area (Å²) in [7, 11) is 0. The van der Waals surface area contributed by atoms with Crippen molar-refractivity contribution in [2.24, 2.45) is 0 Å². The van der Waals surface area contributed by atoms with Gasteiger partial charge in [-0.2, -0.15) is 0 Å². The SMILES string of the molecule is CCOC(=O)Sc1ncnc2nc[nH]c12. The molecule has 2 aromatic rings. The molecule has 1 N–H and O–H groups in total. The van der Waals surface area contributed by atoms with Gasteiger partial charge in [0.25, 0.3) is 0 Å². The number of aromatic nitrogens is 4. The van der Waals surface area contributed by atoms with Crippen LogP contribution in [0.4, 0.5) is 4.79 Å². The molecule has 2 heterocycles. The highest BCUT2D eigenvalue weighted by Crippen LogP contribution is 2.23. The number of carbonyl (C=O) groups is 1. The monoisotopic (exact) mass is 224 g/mol. The molecule has 0 aliphatic heterocycles. The van der Waals surface area contributed by atoms with E-state index < -0.39 is 0 Å². The van der Waals surface area contributed by atoms with Crippen molar-refractivity contribution in [2.75, 3.05) is 6.61 Å². The van der Waals surface area contributed by atoms with Gasteiger partial charge >= 0.3 is 5.30 Å². The Kier molecular flexibility index (Phi) is 2.82. The van der Waals surface area contributed by atoms with E-state index in [4.69, 9.17) is 4.74 Å². The van der Waals surface area contributed by atoms with Crippen molar-refractivity contribution in [1.82, 2.24) is 19.9 Å². The van der Waals surface area contributed by atoms with Crippen LogP contribution in [0, 0.1) is 0 Å². The van der Waals surface area contributed by atoms with Crippen molar-refractivity contribution in [3.8, 4) is 0 Å². The molecule has 0 aliphatic rings. The number of thioether (sulfide) groups is 1. The fourth-order valence-corrected chi connectivity index (χ4v) is 1.73. The minimum Gasteiger partial charge on any atom is -0.458 e. The van der Waals surface area contributed by atoms with E-state index in [0.717, 1.165) is 11.8 Å². The number of hydrogen-bond acceptors (Lipinski definition) is 6. The molecule has 0 atom stereocenters. The Labute approximate surface area is 89.5 Å². The average Bonchev–Trinajstić information content (AvgIpc) is 2.67. The predicted octanol–water partition coefficient (Wildman–Crippen LogP) is 1.60. The van der Waals surface area contributed by atoms with E-state index in [2.05, 4.69) is 19.9 Å². The zero-order chi connectivity index (χ0) is 10.7. The number of aromatic amines is 1. The Morgan fingerprint density at radius 3 is 3.20 bits per heavy atom. The van der Waals surface area contributed by atoms with Gasteiger partial charge in [0.05, 0.1) is 12.9 Å². The first kappa shape index (κ1) is 9.91. The number of rotatable bonds is 2. The van der Waals surface area contributed by atoms with Crippen LogP contribution in [0.2, 0.25) is 0 Å². The third-order valence-electron chi connectivity index (χ3n) is 1.63. The lowest BCUT2D eigenvalue weighted by Gasteiger charge is -2.00. The molecule has 7 heteroatoms. The Hall–Kier alpha value is -1.63. The first-order valence-corrected chi connectivity index (χ1v) is 5.11. The molecule has 0 saturated heterocycles. The molecular weight excluding hydrogens is 216 g/mol. The summed E-state index contributed by atoms with van der Waals surface area (Å²) >= 11 is 0.919. The van der Waals surface area contributed by atoms with E-state index in [0.29, 0.717) is 22.8 Å². The Bertz CT molecular complexity index is 484. The van der Waals surface area contributed by atoms with Crippen LogP contribution in [0.15, 0.2) is 17.7 Å². The standard InChI is InChI=1S/C8H8N4O2S/c1-2-14-8(13)15-7-5-6(10-3-9-5)11-4-12-7/h3-4H,2H2,1H3,(H,9,10,11,12). The van der Waals surface area contributed by atoms with Crippen LogP contribution in [-0.4, -0.2) is 31.8 Å². The molecule has 2 aromatic heterocycles. The number of nitrogens with one attached hydrogen (secondary N) is 1. The highest BCUT2D eigenvalue weighted by Gasteiger charge is 2.11. The molecule has 0 aliphatic carbocycles. The zero-order valence-corrected chi connectivity index (χ0v) is 8.74. The summed E-state index contributed by atoms with van der Waals surface area (Å²) in [4.78, 5) is 26.0. The second kappa shape index (κ2) is 4.26. The number of imidazole rings is 1. The summed E-state index contributed by atoms with van der Waals surface area (Å²) in [6.07, 6.45) is 2.87. The molecule has 15 heavy (non-hydrogen) atoms. The van der Waals surface area contributed by atoms with Gasteiger partial charge in [0.15, 0.2) is 5.65 Å². The van der Waals surface area contributed by atoms with Crippen LogP contribution >= 0.6 is 11.8 Å². The molecule has 6 nitrogen and oxygen atoms in total. The molecule has 2 rings (SSSR count). The number of H-pyrrole nitrogens is 1. The predicted molar refractivity (Wildman–Crippen MR) is 54.6 cm³/mol. The van der Waals surface area contributed by atoms with E-state index in [-0.39, 0.29) is 5.30 Å². The highest BCUT2D eigenvalue weighted by molar-refractivity contribution is 8.13. The first-order chi connectivity index (χ1) is 7.31. The number of fused-ring (bicyclic) bond motifs is 1. The van der Waals surface area contributed by atoms with Crippen molar-refractivity contribution in [2.45, 2.75) is 11.9 Å². The summed E-state index contributed by atoms with van der Waals surface area (Å²) in [6.45, 7) is 2.10. The quantitative estimate of drug-likeness (QED) is 0.474. The van der Waals surface area contributed by atoms with Crippen LogP contribution in [0.5, 0.6) is 0 Å². The molecule has 0 bridgehead atoms. The van der Waals surface area contributed by atoms with Crippen LogP contribution < -0.4 is 0 Å². The van der Waals surface area contributed by atoms with Crippen LogP contribution in [-0.2, 0) is 4.74 Å². The van der Waals surface area contributed by atoms with Gasteiger partial charge in [-0.25, -0.2) is 19.7 Å². The third-order valence-corrected chi connectivity index (χ3v) is 2.42. The van der Waals surface area contributed by atoms with Crippen molar-refractivity contribution in [1.29, 1.82) is 0 Å². The van der Waals surface area contributed by atoms with Gasteiger partial charge in [0, 0.05) is 11.8 Å². The largest absolute Gasteiger partial charge is 0.458 e. The van der Waals surface area contributed by atoms with Crippen molar-refractivity contribution >= 4 is 28.2 Å². The van der Waals surface area contributed by atoms with Gasteiger partial charge in [-0.3, -0.25) is 0 Å². The maximum Gasteiger partial charge on any atom is 0.373 e. The lowest BCUT2D eigenvalue weighted by atomic mass is 10.6. The molecule has 0 fully saturated rings. The lowest BCUT2D eigenvalue weighted by Crippen LogP contribution is -1.97. The van der Waals surface area contributed by atoms with Gasteiger partial charge in [-0.05, 0) is 6.92 Å². The van der Waals surface area contributed by atoms with E-state index in [9.17, 15) is 4.79 Å². The Morgan fingerprint density at radius 1 is 1.53 bits per heavy atom. The molecule has 0 spiro atoms. The number of hydrogen-bond donors (Lipinski definition) is 1. The summed E-state index contributed by atoms with van der Waals surface area (Å²) in [6, 6.07) is 0. The summed E-state index contributed by atoms with van der Waals surface area (Å²) in [5, 5.41) is 0.142. The van der Waals surface area contributed by atoms with Gasteiger partial charge in [-0.15, -0.1) is 0 Å². The summed E-state index contributed by atoms with van der Waals surface area (Å²) < 4.78 is 4.80. The molecule has 0 aromatic carbocycles. The van der Waals surface area contributed by atoms with Crippen LogP contribution in [0.3, 0.4) is 0 Å². The summed E-state index contributed by atoms with van der Waals surface area (Å²) in [5.41, 5.74) is 1.19. The number of nitrogens with zero attached hydrogens (tertiary/aromatic N) is 3. The van der Waals surface area contributed by atoms with Gasteiger partial charge in [-0.1, -0.05) is 0 Å². The van der Waals surface area contributed by atoms with Gasteiger partial charge in [0.2, 0.25) is 0 Å². The Balaban J connectivity index is 2.27. The minimum atomic E-state index is -0.382.